The van der Waals surface area contributed by atoms with E-state index in [0.29, 0.717) is 5.92 Å². The summed E-state index contributed by atoms with van der Waals surface area (Å²) in [6.45, 7) is 8.78. The molecule has 0 amide bonds. The van der Waals surface area contributed by atoms with Crippen LogP contribution >= 0.6 is 11.3 Å². The van der Waals surface area contributed by atoms with Crippen LogP contribution in [-0.4, -0.2) is 60.7 Å². The van der Waals surface area contributed by atoms with Crippen molar-refractivity contribution in [2.45, 2.75) is 63.5 Å². The number of piperidine rings is 4. The van der Waals surface area contributed by atoms with Crippen LogP contribution in [0.1, 0.15) is 55.9 Å². The van der Waals surface area contributed by atoms with E-state index in [9.17, 15) is 4.79 Å². The van der Waals surface area contributed by atoms with Crippen molar-refractivity contribution in [1.82, 2.24) is 4.90 Å². The molecule has 1 unspecified atom stereocenters. The van der Waals surface area contributed by atoms with Gasteiger partial charge in [-0.25, -0.2) is 4.79 Å². The predicted octanol–water partition coefficient (Wildman–Crippen LogP) is 5.23. The minimum Gasteiger partial charge on any atom is -0.454 e. The van der Waals surface area contributed by atoms with Gasteiger partial charge in [-0.3, -0.25) is 4.90 Å². The zero-order valence-corrected chi connectivity index (χ0v) is 20.9. The average molecular weight is 468 g/mol. The van der Waals surface area contributed by atoms with Crippen LogP contribution in [0.3, 0.4) is 0 Å². The Morgan fingerprint density at radius 3 is 2.55 bits per heavy atom. The molecule has 4 fully saturated rings. The van der Waals surface area contributed by atoms with Gasteiger partial charge in [-0.2, -0.15) is 0 Å². The van der Waals surface area contributed by atoms with Crippen molar-refractivity contribution in [3.8, 4) is 0 Å². The van der Waals surface area contributed by atoms with Gasteiger partial charge in [-0.05, 0) is 56.3 Å². The first-order valence-electron chi connectivity index (χ1n) is 13.0. The molecule has 5 heteroatoms. The fraction of sp³-hybridized carbons (Fsp3) is 0.607. The fourth-order valence-corrected chi connectivity index (χ4v) is 7.37. The van der Waals surface area contributed by atoms with E-state index in [2.05, 4.69) is 59.7 Å². The van der Waals surface area contributed by atoms with Gasteiger partial charge >= 0.3 is 5.97 Å². The maximum Gasteiger partial charge on any atom is 0.332 e. The number of fused-ring (bicyclic) bond motifs is 3. The molecule has 1 aromatic heterocycles. The molecule has 2 atom stereocenters. The normalized spacial score (nSPS) is 29.5. The zero-order valence-electron chi connectivity index (χ0n) is 20.1. The Bertz CT molecular complexity index is 901. The lowest BCUT2D eigenvalue weighted by atomic mass is 9.82. The number of hydrogen-bond acceptors (Lipinski definition) is 4. The fourth-order valence-electron chi connectivity index (χ4n) is 6.47. The first-order valence-corrected chi connectivity index (χ1v) is 13.9. The summed E-state index contributed by atoms with van der Waals surface area (Å²) in [5, 5.41) is 2.09. The van der Waals surface area contributed by atoms with Gasteiger partial charge in [0.25, 0.3) is 0 Å². The molecule has 4 saturated heterocycles. The monoisotopic (exact) mass is 467 g/mol. The molecule has 178 valence electrons. The van der Waals surface area contributed by atoms with E-state index in [0.717, 1.165) is 35.4 Å². The molecule has 4 aliphatic rings. The van der Waals surface area contributed by atoms with Crippen LogP contribution < -0.4 is 0 Å². The minimum absolute atomic E-state index is 0.0203. The second kappa shape index (κ2) is 9.89. The largest absolute Gasteiger partial charge is 0.454 e. The summed E-state index contributed by atoms with van der Waals surface area (Å²) in [5.74, 6) is 0.519. The number of quaternary nitrogens is 1. The van der Waals surface area contributed by atoms with Crippen LogP contribution in [0.2, 0.25) is 0 Å². The van der Waals surface area contributed by atoms with Crippen molar-refractivity contribution < 1.29 is 14.0 Å². The molecular weight excluding hydrogens is 428 g/mol. The highest BCUT2D eigenvalue weighted by Crippen LogP contribution is 2.40. The van der Waals surface area contributed by atoms with Gasteiger partial charge in [0.15, 0.2) is 11.6 Å². The first kappa shape index (κ1) is 23.1. The van der Waals surface area contributed by atoms with Gasteiger partial charge in [0.1, 0.15) is 6.54 Å². The van der Waals surface area contributed by atoms with Crippen molar-refractivity contribution in [2.75, 3.05) is 39.3 Å². The highest BCUT2D eigenvalue weighted by molar-refractivity contribution is 7.10. The topological polar surface area (TPSA) is 29.5 Å². The second-order valence-electron chi connectivity index (χ2n) is 10.7. The van der Waals surface area contributed by atoms with Gasteiger partial charge in [-0.1, -0.05) is 42.8 Å². The Labute approximate surface area is 203 Å². The Hall–Kier alpha value is -1.69. The highest BCUT2D eigenvalue weighted by Gasteiger charge is 2.50. The molecule has 2 bridgehead atoms. The number of thiophene rings is 1. The van der Waals surface area contributed by atoms with Crippen LogP contribution in [0.15, 0.2) is 47.8 Å². The lowest BCUT2D eigenvalue weighted by molar-refractivity contribution is -0.946. The van der Waals surface area contributed by atoms with E-state index in [1.54, 1.807) is 11.3 Å². The summed E-state index contributed by atoms with van der Waals surface area (Å²) in [5.41, 5.74) is 0.775. The third-order valence-corrected chi connectivity index (χ3v) is 9.71. The molecule has 2 aromatic rings. The molecule has 1 aromatic carbocycles. The number of nitrogens with zero attached hydrogens (tertiary/aromatic N) is 2. The first-order chi connectivity index (χ1) is 16.1. The molecule has 4 aliphatic heterocycles. The predicted molar refractivity (Wildman–Crippen MR) is 134 cm³/mol. The Balaban J connectivity index is 1.26. The number of ether oxygens (including phenoxy) is 1. The second-order valence-corrected chi connectivity index (χ2v) is 11.6. The maximum atomic E-state index is 13.8. The molecular formula is C28H39N2O2S+. The zero-order chi connectivity index (χ0) is 22.7. The summed E-state index contributed by atoms with van der Waals surface area (Å²) < 4.78 is 7.61. The van der Waals surface area contributed by atoms with Crippen LogP contribution in [0.4, 0.5) is 0 Å². The van der Waals surface area contributed by atoms with Crippen LogP contribution in [-0.2, 0) is 21.5 Å². The van der Waals surface area contributed by atoms with E-state index in [1.807, 2.05) is 0 Å². The number of likely N-dealkylation sites (tertiary alicyclic amines) is 1. The number of carbonyl (C=O) groups is 1. The molecule has 0 N–H and O–H groups in total. The van der Waals surface area contributed by atoms with E-state index in [4.69, 9.17) is 4.74 Å². The molecule has 0 radical (unpaired) electrons. The van der Waals surface area contributed by atoms with Crippen LogP contribution in [0, 0.1) is 5.92 Å². The summed E-state index contributed by atoms with van der Waals surface area (Å²) in [4.78, 5) is 17.4. The van der Waals surface area contributed by atoms with Gasteiger partial charge in [0.05, 0.1) is 19.6 Å². The minimum atomic E-state index is -0.654. The van der Waals surface area contributed by atoms with Gasteiger partial charge in [-0.15, -0.1) is 11.3 Å². The SMILES string of the molecule is CC(C(=O)O[C@H]1C[N+]2(CCCc3ccccc3)CCC1CC2)(c1cccs1)N1CCCCC1. The van der Waals surface area contributed by atoms with E-state index in [-0.39, 0.29) is 12.1 Å². The highest BCUT2D eigenvalue weighted by atomic mass is 32.1. The van der Waals surface area contributed by atoms with Crippen LogP contribution in [0.5, 0.6) is 0 Å². The lowest BCUT2D eigenvalue weighted by Gasteiger charge is -2.52. The lowest BCUT2D eigenvalue weighted by Crippen LogP contribution is -2.65. The number of benzene rings is 1. The van der Waals surface area contributed by atoms with Crippen molar-refractivity contribution in [1.29, 1.82) is 0 Å². The Morgan fingerprint density at radius 1 is 1.09 bits per heavy atom. The van der Waals surface area contributed by atoms with Crippen molar-refractivity contribution in [2.24, 2.45) is 5.92 Å². The van der Waals surface area contributed by atoms with Crippen molar-refractivity contribution in [3.05, 3.63) is 58.3 Å². The molecule has 0 aliphatic carbocycles. The molecule has 4 nitrogen and oxygen atoms in total. The van der Waals surface area contributed by atoms with Crippen molar-refractivity contribution >= 4 is 17.3 Å². The third-order valence-electron chi connectivity index (χ3n) is 8.63. The Kier molecular flexibility index (Phi) is 6.91. The van der Waals surface area contributed by atoms with Gasteiger partial charge in [0.2, 0.25) is 0 Å². The smallest absolute Gasteiger partial charge is 0.332 e. The van der Waals surface area contributed by atoms with Gasteiger partial charge in [0, 0.05) is 30.1 Å². The Morgan fingerprint density at radius 2 is 1.85 bits per heavy atom. The quantitative estimate of drug-likeness (QED) is 0.393. The molecule has 0 spiro atoms. The number of carbonyl (C=O) groups excluding carboxylic acids is 1. The number of esters is 1. The van der Waals surface area contributed by atoms with Gasteiger partial charge < -0.3 is 9.22 Å². The third kappa shape index (κ3) is 4.78. The molecule has 5 heterocycles. The van der Waals surface area contributed by atoms with Crippen LogP contribution in [0.25, 0.3) is 0 Å². The van der Waals surface area contributed by atoms with E-state index < -0.39 is 5.54 Å². The maximum absolute atomic E-state index is 13.8. The summed E-state index contributed by atoms with van der Waals surface area (Å²) in [6.07, 6.45) is 8.41. The van der Waals surface area contributed by atoms with E-state index in [1.165, 1.54) is 63.7 Å². The number of rotatable bonds is 8. The standard InChI is InChI=1S/C28H39N2O2S/c1-28(26-13-9-21-33-26,29-16-6-3-7-17-29)27(31)32-25-22-30(19-14-24(25)15-20-30)18-8-12-23-10-4-2-5-11-23/h2,4-5,9-11,13,21,24-25H,3,6-8,12,14-20,22H2,1H3/q+1/t24?,25-,28?,30?/m0/s1. The summed E-state index contributed by atoms with van der Waals surface area (Å²) in [6, 6.07) is 15.0. The van der Waals surface area contributed by atoms with E-state index >= 15 is 0 Å². The number of hydrogen-bond donors (Lipinski definition) is 0. The number of aryl methyl sites for hydroxylation is 1. The molecule has 33 heavy (non-hydrogen) atoms. The molecule has 6 rings (SSSR count). The summed E-state index contributed by atoms with van der Waals surface area (Å²) in [7, 11) is 0. The average Bonchev–Trinajstić information content (AvgIpc) is 3.41. The summed E-state index contributed by atoms with van der Waals surface area (Å²) >= 11 is 1.69. The van der Waals surface area contributed by atoms with Crippen molar-refractivity contribution in [3.63, 3.8) is 0 Å². The molecule has 0 saturated carbocycles.